The van der Waals surface area contributed by atoms with Gasteiger partial charge in [-0.25, -0.2) is 4.98 Å². The summed E-state index contributed by atoms with van der Waals surface area (Å²) in [5.74, 6) is 1.08. The first kappa shape index (κ1) is 17.4. The lowest BCUT2D eigenvalue weighted by atomic mass is 10.1. The fourth-order valence-electron chi connectivity index (χ4n) is 3.94. The summed E-state index contributed by atoms with van der Waals surface area (Å²) in [7, 11) is 0. The molecule has 0 spiro atoms. The van der Waals surface area contributed by atoms with Gasteiger partial charge in [-0.2, -0.15) is 0 Å². The zero-order chi connectivity index (χ0) is 18.9. The van der Waals surface area contributed by atoms with Crippen LogP contribution in [-0.4, -0.2) is 46.6 Å². The highest BCUT2D eigenvalue weighted by atomic mass is 32.1. The van der Waals surface area contributed by atoms with Gasteiger partial charge in [0.25, 0.3) is 5.56 Å². The Morgan fingerprint density at radius 1 is 0.857 bits per heavy atom. The number of anilines is 1. The van der Waals surface area contributed by atoms with Gasteiger partial charge in [-0.15, -0.1) is 0 Å². The number of rotatable bonds is 4. The lowest BCUT2D eigenvalue weighted by Crippen LogP contribution is -2.47. The Morgan fingerprint density at radius 3 is 2.43 bits per heavy atom. The van der Waals surface area contributed by atoms with E-state index in [1.54, 1.807) is 11.5 Å². The highest BCUT2D eigenvalue weighted by Crippen LogP contribution is 2.25. The van der Waals surface area contributed by atoms with Gasteiger partial charge in [-0.1, -0.05) is 47.9 Å². The Bertz CT molecular complexity index is 1170. The Balaban J connectivity index is 1.25. The van der Waals surface area contributed by atoms with Gasteiger partial charge >= 0.3 is 0 Å². The molecule has 2 aromatic carbocycles. The lowest BCUT2D eigenvalue weighted by molar-refractivity contribution is 0.250. The van der Waals surface area contributed by atoms with E-state index in [-0.39, 0.29) is 5.56 Å². The van der Waals surface area contributed by atoms with E-state index >= 15 is 0 Å². The maximum absolute atomic E-state index is 12.5. The normalized spacial score (nSPS) is 15.5. The molecule has 2 aromatic heterocycles. The summed E-state index contributed by atoms with van der Waals surface area (Å²) >= 11 is 1.57. The second-order valence-electron chi connectivity index (χ2n) is 7.18. The molecule has 0 N–H and O–H groups in total. The zero-order valence-corrected chi connectivity index (χ0v) is 16.4. The van der Waals surface area contributed by atoms with Crippen LogP contribution in [0, 0.1) is 0 Å². The van der Waals surface area contributed by atoms with E-state index in [4.69, 9.17) is 0 Å². The summed E-state index contributed by atoms with van der Waals surface area (Å²) in [4.78, 5) is 22.0. The number of piperazine rings is 1. The monoisotopic (exact) mass is 390 g/mol. The molecule has 0 atom stereocenters. The van der Waals surface area contributed by atoms with Crippen molar-refractivity contribution in [1.82, 2.24) is 13.8 Å². The second-order valence-corrected chi connectivity index (χ2v) is 8.24. The molecule has 0 radical (unpaired) electrons. The van der Waals surface area contributed by atoms with Crippen molar-refractivity contribution < 1.29 is 0 Å². The van der Waals surface area contributed by atoms with Crippen LogP contribution >= 0.6 is 11.5 Å². The minimum atomic E-state index is 0.138. The molecule has 3 heterocycles. The fourth-order valence-corrected chi connectivity index (χ4v) is 4.92. The third kappa shape index (κ3) is 3.19. The summed E-state index contributed by atoms with van der Waals surface area (Å²) in [6, 6.07) is 18.4. The van der Waals surface area contributed by atoms with Crippen molar-refractivity contribution in [1.29, 1.82) is 0 Å². The molecule has 28 heavy (non-hydrogen) atoms. The predicted octanol–water partition coefficient (Wildman–Crippen LogP) is 3.43. The summed E-state index contributed by atoms with van der Waals surface area (Å²) in [6.07, 6.45) is 1.90. The lowest BCUT2D eigenvalue weighted by Gasteiger charge is -2.35. The molecular formula is C22H22N4OS. The van der Waals surface area contributed by atoms with Crippen LogP contribution in [0.3, 0.4) is 0 Å². The van der Waals surface area contributed by atoms with Crippen molar-refractivity contribution in [3.05, 3.63) is 71.1 Å². The van der Waals surface area contributed by atoms with Crippen molar-refractivity contribution in [2.75, 3.05) is 37.6 Å². The third-order valence-corrected chi connectivity index (χ3v) is 6.62. The predicted molar refractivity (Wildman–Crippen MR) is 116 cm³/mol. The number of nitrogens with zero attached hydrogens (tertiary/aromatic N) is 4. The van der Waals surface area contributed by atoms with Crippen molar-refractivity contribution in [2.45, 2.75) is 6.54 Å². The van der Waals surface area contributed by atoms with E-state index in [0.29, 0.717) is 0 Å². The van der Waals surface area contributed by atoms with Crippen LogP contribution in [0.1, 0.15) is 0 Å². The average molecular weight is 391 g/mol. The summed E-state index contributed by atoms with van der Waals surface area (Å²) in [6.45, 7) is 5.56. The highest BCUT2D eigenvalue weighted by Gasteiger charge is 2.19. The summed E-state index contributed by atoms with van der Waals surface area (Å²) < 4.78 is 2.96. The van der Waals surface area contributed by atoms with Crippen LogP contribution in [0.2, 0.25) is 0 Å². The van der Waals surface area contributed by atoms with Gasteiger partial charge in [0.1, 0.15) is 5.82 Å². The maximum Gasteiger partial charge on any atom is 0.268 e. The van der Waals surface area contributed by atoms with Crippen LogP contribution < -0.4 is 10.5 Å². The molecule has 1 aliphatic rings. The van der Waals surface area contributed by atoms with Gasteiger partial charge in [0.2, 0.25) is 0 Å². The molecule has 0 unspecified atom stereocenters. The van der Waals surface area contributed by atoms with Crippen LogP contribution in [0.4, 0.5) is 5.82 Å². The first-order valence-electron chi connectivity index (χ1n) is 9.69. The first-order valence-corrected chi connectivity index (χ1v) is 10.5. The molecule has 0 bridgehead atoms. The fraction of sp³-hybridized carbons (Fsp3) is 0.273. The number of aromatic nitrogens is 2. The van der Waals surface area contributed by atoms with Gasteiger partial charge < -0.3 is 4.90 Å². The molecule has 4 aromatic rings. The Hall–Kier alpha value is -2.70. The Kier molecular flexibility index (Phi) is 4.58. The standard InChI is InChI=1S/C22H22N4OS/c27-22-19-7-3-4-8-20(19)28-26(22)16-13-24-11-14-25(15-12-24)21-18-6-2-1-5-17(18)9-10-23-21/h1-10H,11-16H2. The van der Waals surface area contributed by atoms with Crippen LogP contribution in [0.5, 0.6) is 0 Å². The quantitative estimate of drug-likeness (QED) is 0.535. The minimum absolute atomic E-state index is 0.138. The molecule has 5 rings (SSSR count). The van der Waals surface area contributed by atoms with Crippen LogP contribution in [0.15, 0.2) is 65.6 Å². The molecule has 142 valence electrons. The Labute approximate surface area is 167 Å². The number of hydrogen-bond acceptors (Lipinski definition) is 5. The largest absolute Gasteiger partial charge is 0.354 e. The van der Waals surface area contributed by atoms with Gasteiger partial charge in [-0.3, -0.25) is 13.7 Å². The molecule has 1 saturated heterocycles. The van der Waals surface area contributed by atoms with Gasteiger partial charge in [-0.05, 0) is 23.6 Å². The van der Waals surface area contributed by atoms with Crippen molar-refractivity contribution in [3.8, 4) is 0 Å². The number of hydrogen-bond donors (Lipinski definition) is 0. The minimum Gasteiger partial charge on any atom is -0.354 e. The molecule has 0 saturated carbocycles. The van der Waals surface area contributed by atoms with E-state index in [1.165, 1.54) is 10.8 Å². The van der Waals surface area contributed by atoms with Gasteiger partial charge in [0.15, 0.2) is 0 Å². The average Bonchev–Trinajstić information content (AvgIpc) is 3.08. The molecule has 0 aliphatic carbocycles. The second kappa shape index (κ2) is 7.37. The van der Waals surface area contributed by atoms with Gasteiger partial charge in [0.05, 0.1) is 10.1 Å². The first-order chi connectivity index (χ1) is 13.8. The third-order valence-electron chi connectivity index (χ3n) is 5.50. The maximum atomic E-state index is 12.5. The summed E-state index contributed by atoms with van der Waals surface area (Å²) in [5.41, 5.74) is 0.138. The van der Waals surface area contributed by atoms with Crippen molar-refractivity contribution >= 4 is 38.2 Å². The smallest absolute Gasteiger partial charge is 0.268 e. The topological polar surface area (TPSA) is 41.4 Å². The van der Waals surface area contributed by atoms with Crippen molar-refractivity contribution in [3.63, 3.8) is 0 Å². The van der Waals surface area contributed by atoms with E-state index in [1.807, 2.05) is 34.4 Å². The molecule has 5 nitrogen and oxygen atoms in total. The van der Waals surface area contributed by atoms with Crippen molar-refractivity contribution in [2.24, 2.45) is 0 Å². The zero-order valence-electron chi connectivity index (χ0n) is 15.6. The highest BCUT2D eigenvalue weighted by molar-refractivity contribution is 7.13. The van der Waals surface area contributed by atoms with E-state index in [2.05, 4.69) is 45.1 Å². The molecule has 1 aliphatic heterocycles. The van der Waals surface area contributed by atoms with Crippen LogP contribution in [-0.2, 0) is 6.54 Å². The van der Waals surface area contributed by atoms with Crippen LogP contribution in [0.25, 0.3) is 20.9 Å². The van der Waals surface area contributed by atoms with E-state index in [9.17, 15) is 4.79 Å². The molecular weight excluding hydrogens is 368 g/mol. The Morgan fingerprint density at radius 2 is 1.61 bits per heavy atom. The number of benzene rings is 2. The number of fused-ring (bicyclic) bond motifs is 2. The number of pyridine rings is 1. The van der Waals surface area contributed by atoms with Gasteiger partial charge in [0, 0.05) is 50.9 Å². The van der Waals surface area contributed by atoms with E-state index in [0.717, 1.165) is 55.2 Å². The SMILES string of the molecule is O=c1c2ccccc2sn1CCN1CCN(c2nccc3ccccc23)CC1. The molecule has 1 fully saturated rings. The molecule has 6 heteroatoms. The summed E-state index contributed by atoms with van der Waals surface area (Å²) in [5, 5.41) is 3.29. The molecule has 0 amide bonds. The van der Waals surface area contributed by atoms with E-state index < -0.39 is 0 Å².